The highest BCUT2D eigenvalue weighted by molar-refractivity contribution is 5.59. The van der Waals surface area contributed by atoms with E-state index in [1.54, 1.807) is 0 Å². The van der Waals surface area contributed by atoms with Gasteiger partial charge in [-0.05, 0) is 282 Å². The second-order valence-electron chi connectivity index (χ2n) is 41.2. The standard InChI is InChI=1S/C43H57NO2.C34H47NO.C31H41NO/c1-40(2,3)34-23-31(24-35(38(34)45)41(4,5)6)27-44(33-20-18-30(19-21-33)22-29-16-14-13-15-17-29)28-32-25-36(42(7,8)9)39(46)37(26-32)43(10,11)12;1-24(2)19-25(3)35(29-17-15-27(16-18-29)20-26-13-11-10-12-14-26)23-28-21-30(33(4,5)6)32(36)31(22-28)34(7,8)9;1-22(2)17-24(4)32(21-27-18-23(3)30(33)29(20-27)31(5,6)7)28-15-13-26(14-16-28)19-25-11-9-8-10-12-25/h13-21,23-26,45-46H,22,27-28H2,1-12H3;10-18,21-22,24-25,36H,19-20,23H2,1-9H3;8-16,18,20,22,24,33H,17,19,21H2,1-7H3. The minimum atomic E-state index is -0.204. The summed E-state index contributed by atoms with van der Waals surface area (Å²) in [5.74, 6) is 2.94. The number of benzene rings is 10. The molecule has 0 radical (unpaired) electrons. The second kappa shape index (κ2) is 37.8. The Morgan fingerprint density at radius 1 is 0.243 bits per heavy atom. The van der Waals surface area contributed by atoms with E-state index in [-0.39, 0.29) is 37.9 Å². The molecule has 616 valence electrons. The van der Waals surface area contributed by atoms with Crippen molar-refractivity contribution in [1.82, 2.24) is 0 Å². The summed E-state index contributed by atoms with van der Waals surface area (Å²) < 4.78 is 0. The minimum absolute atomic E-state index is 0.0989. The first-order valence-electron chi connectivity index (χ1n) is 42.5. The van der Waals surface area contributed by atoms with E-state index in [4.69, 9.17) is 0 Å². The lowest BCUT2D eigenvalue weighted by molar-refractivity contribution is 0.421. The van der Waals surface area contributed by atoms with Crippen LogP contribution in [-0.4, -0.2) is 32.5 Å². The number of hydrogen-bond donors (Lipinski definition) is 4. The predicted molar refractivity (Wildman–Crippen MR) is 495 cm³/mol. The molecule has 0 bridgehead atoms. The third-order valence-corrected chi connectivity index (χ3v) is 22.3. The lowest BCUT2D eigenvalue weighted by Crippen LogP contribution is -2.34. The van der Waals surface area contributed by atoms with Crippen LogP contribution in [0.2, 0.25) is 0 Å². The highest BCUT2D eigenvalue weighted by Crippen LogP contribution is 2.45. The van der Waals surface area contributed by atoms with Crippen molar-refractivity contribution in [3.63, 3.8) is 0 Å². The number of anilines is 3. The molecule has 0 aliphatic heterocycles. The van der Waals surface area contributed by atoms with Gasteiger partial charge in [-0.15, -0.1) is 0 Å². The Morgan fingerprint density at radius 3 is 0.687 bits per heavy atom. The van der Waals surface area contributed by atoms with Crippen LogP contribution in [0.15, 0.2) is 212 Å². The molecule has 0 saturated heterocycles. The molecule has 0 fully saturated rings. The van der Waals surface area contributed by atoms with Gasteiger partial charge in [0.1, 0.15) is 23.0 Å². The minimum Gasteiger partial charge on any atom is -0.507 e. The molecule has 0 aliphatic rings. The molecule has 10 aromatic rings. The zero-order valence-corrected chi connectivity index (χ0v) is 76.0. The fourth-order valence-electron chi connectivity index (χ4n) is 15.9. The fourth-order valence-corrected chi connectivity index (χ4v) is 15.9. The van der Waals surface area contributed by atoms with Gasteiger partial charge in [-0.2, -0.15) is 0 Å². The summed E-state index contributed by atoms with van der Waals surface area (Å²) in [6, 6.07) is 77.4. The van der Waals surface area contributed by atoms with Crippen LogP contribution in [0, 0.1) is 18.8 Å². The quantitative estimate of drug-likeness (QED) is 0.0507. The molecule has 0 spiro atoms. The lowest BCUT2D eigenvalue weighted by Gasteiger charge is -2.34. The van der Waals surface area contributed by atoms with Crippen molar-refractivity contribution < 1.29 is 20.4 Å². The molecule has 2 unspecified atom stereocenters. The summed E-state index contributed by atoms with van der Waals surface area (Å²) in [5, 5.41) is 44.7. The topological polar surface area (TPSA) is 90.6 Å². The number of phenols is 4. The van der Waals surface area contributed by atoms with Crippen molar-refractivity contribution in [1.29, 1.82) is 0 Å². The molecule has 2 atom stereocenters. The van der Waals surface area contributed by atoms with Crippen LogP contribution in [0.5, 0.6) is 23.0 Å². The predicted octanol–water partition coefficient (Wildman–Crippen LogP) is 28.1. The number of hydrogen-bond acceptors (Lipinski definition) is 7. The Bertz CT molecular complexity index is 4550. The van der Waals surface area contributed by atoms with Gasteiger partial charge < -0.3 is 35.1 Å². The van der Waals surface area contributed by atoms with Gasteiger partial charge in [-0.3, -0.25) is 0 Å². The van der Waals surface area contributed by atoms with Gasteiger partial charge in [0.15, 0.2) is 0 Å². The van der Waals surface area contributed by atoms with Gasteiger partial charge in [-0.1, -0.05) is 307 Å². The maximum Gasteiger partial charge on any atom is 0.123 e. The molecule has 0 aromatic heterocycles. The van der Waals surface area contributed by atoms with Crippen molar-refractivity contribution in [2.75, 3.05) is 14.7 Å². The molecule has 4 N–H and O–H groups in total. The normalized spacial score (nSPS) is 12.9. The number of phenolic OH excluding ortho intramolecular Hbond substituents is 4. The van der Waals surface area contributed by atoms with Crippen LogP contribution in [-0.2, 0) is 83.3 Å². The van der Waals surface area contributed by atoms with Crippen molar-refractivity contribution in [3.8, 4) is 23.0 Å². The van der Waals surface area contributed by atoms with E-state index in [9.17, 15) is 20.4 Å². The van der Waals surface area contributed by atoms with Crippen molar-refractivity contribution >= 4 is 17.1 Å². The van der Waals surface area contributed by atoms with Crippen LogP contribution < -0.4 is 14.7 Å². The number of rotatable bonds is 23. The van der Waals surface area contributed by atoms with E-state index in [0.717, 1.165) is 95.4 Å². The molecule has 10 aromatic carbocycles. The first kappa shape index (κ1) is 91.3. The summed E-state index contributed by atoms with van der Waals surface area (Å²) in [7, 11) is 0. The molecular weight excluding hydrogens is 1400 g/mol. The Labute approximate surface area is 697 Å². The van der Waals surface area contributed by atoms with Gasteiger partial charge in [-0.25, -0.2) is 0 Å². The van der Waals surface area contributed by atoms with Gasteiger partial charge in [0, 0.05) is 55.3 Å². The maximum absolute atomic E-state index is 11.4. The average molecular weight is 1550 g/mol. The van der Waals surface area contributed by atoms with E-state index in [2.05, 4.69) is 414 Å². The van der Waals surface area contributed by atoms with Crippen LogP contribution in [0.4, 0.5) is 17.1 Å². The summed E-state index contributed by atoms with van der Waals surface area (Å²) in [5.41, 5.74) is 23.2. The van der Waals surface area contributed by atoms with Crippen molar-refractivity contribution in [2.45, 2.75) is 302 Å². The van der Waals surface area contributed by atoms with E-state index in [1.807, 2.05) is 6.92 Å². The molecular formula is C108H145N3O4. The number of aromatic hydroxyl groups is 4. The van der Waals surface area contributed by atoms with E-state index < -0.39 is 0 Å². The van der Waals surface area contributed by atoms with Crippen LogP contribution in [0.3, 0.4) is 0 Å². The summed E-state index contributed by atoms with van der Waals surface area (Å²) in [6.07, 6.45) is 5.06. The van der Waals surface area contributed by atoms with Crippen LogP contribution >= 0.6 is 0 Å². The smallest absolute Gasteiger partial charge is 0.123 e. The lowest BCUT2D eigenvalue weighted by atomic mass is 9.78. The van der Waals surface area contributed by atoms with Gasteiger partial charge >= 0.3 is 0 Å². The third kappa shape index (κ3) is 25.9. The third-order valence-electron chi connectivity index (χ3n) is 22.3. The molecule has 0 aliphatic carbocycles. The number of aryl methyl sites for hydroxylation is 1. The van der Waals surface area contributed by atoms with E-state index >= 15 is 0 Å². The molecule has 0 amide bonds. The molecule has 7 heteroatoms. The molecule has 10 rings (SSSR count). The Kier molecular flexibility index (Phi) is 30.0. The van der Waals surface area contributed by atoms with E-state index in [1.165, 1.54) is 67.0 Å². The molecule has 0 heterocycles. The van der Waals surface area contributed by atoms with Crippen molar-refractivity contribution in [2.24, 2.45) is 11.8 Å². The zero-order valence-electron chi connectivity index (χ0n) is 76.0. The number of nitrogens with zero attached hydrogens (tertiary/aromatic N) is 3. The maximum atomic E-state index is 11.4. The van der Waals surface area contributed by atoms with Gasteiger partial charge in [0.25, 0.3) is 0 Å². The average Bonchev–Trinajstić information content (AvgIpc) is 0.784. The Balaban J connectivity index is 0.000000219. The summed E-state index contributed by atoms with van der Waals surface area (Å²) in [6.45, 7) is 64.5. The van der Waals surface area contributed by atoms with Gasteiger partial charge in [0.05, 0.1) is 0 Å². The zero-order chi connectivity index (χ0) is 85.1. The molecule has 0 saturated carbocycles. The van der Waals surface area contributed by atoms with Gasteiger partial charge in [0.2, 0.25) is 0 Å². The largest absolute Gasteiger partial charge is 0.507 e. The first-order chi connectivity index (χ1) is 53.4. The monoisotopic (exact) mass is 1550 g/mol. The highest BCUT2D eigenvalue weighted by Gasteiger charge is 2.32. The SMILES string of the molecule is CC(C)(C)c1cc(CN(Cc2cc(C(C)(C)C)c(O)c(C(C)(C)C)c2)c2ccc(Cc3ccccc3)cc2)cc(C(C)(C)C)c1O.CC(C)CC(C)N(Cc1cc(C(C)(C)C)c(O)c(C(C)(C)C)c1)c1ccc(Cc2ccccc2)cc1.Cc1cc(CN(c2ccc(Cc3ccccc3)cc2)C(C)CC(C)C)cc(C(C)(C)C)c1O. The second-order valence-corrected chi connectivity index (χ2v) is 41.2. The molecule has 7 nitrogen and oxygen atoms in total. The Hall–Kier alpha value is -9.20. The van der Waals surface area contributed by atoms with E-state index in [0.29, 0.717) is 60.0 Å². The summed E-state index contributed by atoms with van der Waals surface area (Å²) in [4.78, 5) is 7.49. The highest BCUT2D eigenvalue weighted by atomic mass is 16.3. The van der Waals surface area contributed by atoms with Crippen LogP contribution in [0.1, 0.15) is 300 Å². The van der Waals surface area contributed by atoms with Crippen LogP contribution in [0.25, 0.3) is 0 Å². The Morgan fingerprint density at radius 2 is 0.452 bits per heavy atom. The summed E-state index contributed by atoms with van der Waals surface area (Å²) >= 11 is 0. The fraction of sp³-hybridized carbons (Fsp3) is 0.444. The first-order valence-corrected chi connectivity index (χ1v) is 42.5. The molecule has 115 heavy (non-hydrogen) atoms. The van der Waals surface area contributed by atoms with Crippen molar-refractivity contribution in [3.05, 3.63) is 312 Å².